The van der Waals surface area contributed by atoms with Crippen molar-refractivity contribution in [3.05, 3.63) is 39.8 Å². The average molecular weight is 307 g/mol. The Kier molecular flexibility index (Phi) is 5.03. The molecule has 0 amide bonds. The van der Waals surface area contributed by atoms with Crippen molar-refractivity contribution in [2.75, 3.05) is 26.9 Å². The van der Waals surface area contributed by atoms with Gasteiger partial charge >= 0.3 is 0 Å². The molecule has 3 rings (SSSR count). The van der Waals surface area contributed by atoms with E-state index in [9.17, 15) is 0 Å². The lowest BCUT2D eigenvalue weighted by Gasteiger charge is -2.22. The van der Waals surface area contributed by atoms with Crippen molar-refractivity contribution in [3.8, 4) is 0 Å². The number of nitrogens with one attached hydrogen (secondary N) is 1. The molecule has 0 radical (unpaired) electrons. The molecule has 5 nitrogen and oxygen atoms in total. The molecule has 1 aliphatic heterocycles. The van der Waals surface area contributed by atoms with E-state index in [0.29, 0.717) is 6.61 Å². The summed E-state index contributed by atoms with van der Waals surface area (Å²) in [5.74, 6) is 0. The number of methoxy groups -OCH3 is 1. The van der Waals surface area contributed by atoms with E-state index in [2.05, 4.69) is 33.4 Å². The van der Waals surface area contributed by atoms with Crippen LogP contribution in [-0.4, -0.2) is 36.6 Å². The number of nitrogens with zero attached hydrogens (tertiary/aromatic N) is 2. The lowest BCUT2D eigenvalue weighted by Crippen LogP contribution is -2.27. The molecule has 0 saturated heterocycles. The first-order valence-corrected chi connectivity index (χ1v) is 8.19. The van der Waals surface area contributed by atoms with Crippen molar-refractivity contribution in [3.63, 3.8) is 0 Å². The van der Waals surface area contributed by atoms with Gasteiger partial charge in [-0.25, -0.2) is 0 Å². The summed E-state index contributed by atoms with van der Waals surface area (Å²) in [6.45, 7) is 3.92. The Morgan fingerprint density at radius 2 is 2.52 bits per heavy atom. The molecule has 0 bridgehead atoms. The zero-order valence-corrected chi connectivity index (χ0v) is 13.1. The molecule has 2 aromatic heterocycles. The Balaban J connectivity index is 1.58. The summed E-state index contributed by atoms with van der Waals surface area (Å²) in [6, 6.07) is 2.14. The summed E-state index contributed by atoms with van der Waals surface area (Å²) in [4.78, 5) is 0. The number of rotatable bonds is 7. The highest BCUT2D eigenvalue weighted by Gasteiger charge is 2.24. The predicted octanol–water partition coefficient (Wildman–Crippen LogP) is 1.99. The van der Waals surface area contributed by atoms with E-state index in [1.807, 2.05) is 4.68 Å². The lowest BCUT2D eigenvalue weighted by atomic mass is 10.1. The van der Waals surface area contributed by atoms with Gasteiger partial charge in [0.1, 0.15) is 6.10 Å². The van der Waals surface area contributed by atoms with Gasteiger partial charge in [-0.15, -0.1) is 0 Å². The van der Waals surface area contributed by atoms with Crippen LogP contribution in [0, 0.1) is 0 Å². The topological polar surface area (TPSA) is 48.3 Å². The van der Waals surface area contributed by atoms with E-state index in [1.54, 1.807) is 18.4 Å². The molecule has 21 heavy (non-hydrogen) atoms. The van der Waals surface area contributed by atoms with Crippen LogP contribution in [0.4, 0.5) is 0 Å². The molecule has 0 spiro atoms. The second kappa shape index (κ2) is 7.17. The fraction of sp³-hybridized carbons (Fsp3) is 0.533. The third-order valence-corrected chi connectivity index (χ3v) is 4.36. The number of thiophene rings is 1. The molecule has 0 saturated carbocycles. The minimum Gasteiger partial charge on any atom is -0.383 e. The van der Waals surface area contributed by atoms with Crippen LogP contribution in [0.2, 0.25) is 0 Å². The van der Waals surface area contributed by atoms with Crippen LogP contribution in [-0.2, 0) is 29.0 Å². The van der Waals surface area contributed by atoms with Gasteiger partial charge < -0.3 is 14.8 Å². The molecule has 2 aromatic rings. The van der Waals surface area contributed by atoms with Gasteiger partial charge in [-0.3, -0.25) is 4.68 Å². The highest BCUT2D eigenvalue weighted by Crippen LogP contribution is 2.25. The van der Waals surface area contributed by atoms with Crippen LogP contribution in [0.3, 0.4) is 0 Å². The van der Waals surface area contributed by atoms with E-state index in [-0.39, 0.29) is 6.10 Å². The molecule has 0 aromatic carbocycles. The maximum Gasteiger partial charge on any atom is 0.114 e. The van der Waals surface area contributed by atoms with Gasteiger partial charge in [-0.2, -0.15) is 16.4 Å². The number of ether oxygens (including phenoxy) is 2. The smallest absolute Gasteiger partial charge is 0.114 e. The summed E-state index contributed by atoms with van der Waals surface area (Å²) in [5, 5.41) is 12.4. The summed E-state index contributed by atoms with van der Waals surface area (Å²) in [6.07, 6.45) is 3.13. The second-order valence-corrected chi connectivity index (χ2v) is 5.95. The standard InChI is InChI=1S/C15H21N3O2S/c1-19-6-4-18-10-13-2-5-20-14(15(13)17-18)9-16-8-12-3-7-21-11-12/h3,7,10-11,14,16H,2,4-6,8-9H2,1H3/t14-/m1/s1. The molecule has 114 valence electrons. The van der Waals surface area contributed by atoms with E-state index >= 15 is 0 Å². The van der Waals surface area contributed by atoms with Crippen molar-refractivity contribution in [2.45, 2.75) is 25.6 Å². The number of fused-ring (bicyclic) bond motifs is 1. The van der Waals surface area contributed by atoms with Gasteiger partial charge in [0, 0.05) is 26.4 Å². The summed E-state index contributed by atoms with van der Waals surface area (Å²) in [7, 11) is 1.71. The van der Waals surface area contributed by atoms with Crippen LogP contribution in [0.1, 0.15) is 22.9 Å². The Morgan fingerprint density at radius 1 is 1.57 bits per heavy atom. The van der Waals surface area contributed by atoms with Crippen molar-refractivity contribution in [1.82, 2.24) is 15.1 Å². The first kappa shape index (κ1) is 14.7. The fourth-order valence-electron chi connectivity index (χ4n) is 2.53. The molecule has 0 aliphatic carbocycles. The van der Waals surface area contributed by atoms with Crippen LogP contribution in [0.15, 0.2) is 23.0 Å². The zero-order valence-electron chi connectivity index (χ0n) is 12.2. The number of hydrogen-bond acceptors (Lipinski definition) is 5. The molecule has 3 heterocycles. The van der Waals surface area contributed by atoms with Gasteiger partial charge in [0.25, 0.3) is 0 Å². The molecule has 0 unspecified atom stereocenters. The van der Waals surface area contributed by atoms with Gasteiger partial charge in [0.15, 0.2) is 0 Å². The normalized spacial score (nSPS) is 17.9. The van der Waals surface area contributed by atoms with Crippen LogP contribution >= 0.6 is 11.3 Å². The maximum atomic E-state index is 5.87. The Hall–Kier alpha value is -1.21. The van der Waals surface area contributed by atoms with Crippen molar-refractivity contribution in [2.24, 2.45) is 0 Å². The van der Waals surface area contributed by atoms with Crippen molar-refractivity contribution < 1.29 is 9.47 Å². The molecule has 6 heteroatoms. The Morgan fingerprint density at radius 3 is 3.33 bits per heavy atom. The first-order valence-electron chi connectivity index (χ1n) is 7.25. The van der Waals surface area contributed by atoms with Crippen molar-refractivity contribution in [1.29, 1.82) is 0 Å². The van der Waals surface area contributed by atoms with E-state index in [1.165, 1.54) is 11.1 Å². The Bertz CT molecular complexity index is 553. The molecule has 1 N–H and O–H groups in total. The molecule has 1 aliphatic rings. The van der Waals surface area contributed by atoms with Gasteiger partial charge in [-0.1, -0.05) is 0 Å². The highest BCUT2D eigenvalue weighted by molar-refractivity contribution is 7.07. The lowest BCUT2D eigenvalue weighted by molar-refractivity contribution is 0.0392. The highest BCUT2D eigenvalue weighted by atomic mass is 32.1. The van der Waals surface area contributed by atoms with Gasteiger partial charge in [0.2, 0.25) is 0 Å². The third kappa shape index (κ3) is 3.71. The molecular weight excluding hydrogens is 286 g/mol. The first-order chi connectivity index (χ1) is 10.4. The fourth-order valence-corrected chi connectivity index (χ4v) is 3.20. The molecule has 1 atom stereocenters. The quantitative estimate of drug-likeness (QED) is 0.850. The number of hydrogen-bond donors (Lipinski definition) is 1. The monoisotopic (exact) mass is 307 g/mol. The molecular formula is C15H21N3O2S. The maximum absolute atomic E-state index is 5.87. The summed E-state index contributed by atoms with van der Waals surface area (Å²) in [5.41, 5.74) is 3.71. The van der Waals surface area contributed by atoms with Gasteiger partial charge in [-0.05, 0) is 34.4 Å². The van der Waals surface area contributed by atoms with Gasteiger partial charge in [0.05, 0.1) is 25.5 Å². The van der Waals surface area contributed by atoms with Crippen LogP contribution < -0.4 is 5.32 Å². The zero-order chi connectivity index (χ0) is 14.5. The van der Waals surface area contributed by atoms with Crippen molar-refractivity contribution >= 4 is 11.3 Å². The summed E-state index contributed by atoms with van der Waals surface area (Å²) >= 11 is 1.73. The minimum absolute atomic E-state index is 0.0520. The van der Waals surface area contributed by atoms with E-state index < -0.39 is 0 Å². The number of aromatic nitrogens is 2. The molecule has 0 fully saturated rings. The average Bonchev–Trinajstić information content (AvgIpc) is 3.14. The Labute approximate surface area is 128 Å². The summed E-state index contributed by atoms with van der Waals surface area (Å²) < 4.78 is 12.9. The minimum atomic E-state index is 0.0520. The van der Waals surface area contributed by atoms with Crippen LogP contribution in [0.5, 0.6) is 0 Å². The van der Waals surface area contributed by atoms with Crippen LogP contribution in [0.25, 0.3) is 0 Å². The van der Waals surface area contributed by atoms with E-state index in [0.717, 1.165) is 38.4 Å². The SMILES string of the molecule is COCCn1cc2c(n1)[C@@H](CNCc1ccsc1)OCC2. The predicted molar refractivity (Wildman–Crippen MR) is 82.5 cm³/mol. The van der Waals surface area contributed by atoms with E-state index in [4.69, 9.17) is 9.47 Å². The third-order valence-electron chi connectivity index (χ3n) is 3.63. The largest absolute Gasteiger partial charge is 0.383 e. The second-order valence-electron chi connectivity index (χ2n) is 5.17.